The molecular weight excluding hydrogens is 695 g/mol. The van der Waals surface area contributed by atoms with Crippen LogP contribution in [0.5, 0.6) is 0 Å². The lowest BCUT2D eigenvalue weighted by molar-refractivity contribution is 0.204. The zero-order chi connectivity index (χ0) is 37.7. The van der Waals surface area contributed by atoms with Crippen molar-refractivity contribution in [1.82, 2.24) is 16.0 Å². The van der Waals surface area contributed by atoms with Crippen LogP contribution in [-0.4, -0.2) is 0 Å². The Morgan fingerprint density at radius 1 is 0.333 bits per heavy atom. The van der Waals surface area contributed by atoms with Gasteiger partial charge in [-0.3, -0.25) is 16.0 Å². The lowest BCUT2D eigenvalue weighted by Gasteiger charge is -2.40. The first-order valence-corrected chi connectivity index (χ1v) is 19.7. The number of fused-ring (bicyclic) bond motifs is 6. The summed E-state index contributed by atoms with van der Waals surface area (Å²) in [6.07, 6.45) is -0.484. The van der Waals surface area contributed by atoms with E-state index in [1.807, 2.05) is 6.07 Å². The molecule has 10 aromatic rings. The topological polar surface area (TPSA) is 49.2 Å². The predicted octanol–water partition coefficient (Wildman–Crippen LogP) is 13.1. The van der Waals surface area contributed by atoms with Gasteiger partial charge < -0.3 is 4.42 Å². The number of nitrogens with one attached hydrogen (secondary N) is 3. The zero-order valence-corrected chi connectivity index (χ0v) is 31.2. The van der Waals surface area contributed by atoms with Crippen LogP contribution in [0, 0.1) is 0 Å². The molecule has 2 heterocycles. The van der Waals surface area contributed by atoms with Gasteiger partial charge in [0.1, 0.15) is 11.2 Å². The van der Waals surface area contributed by atoms with E-state index in [0.717, 1.165) is 38.6 Å². The van der Waals surface area contributed by atoms with Crippen LogP contribution in [0.2, 0.25) is 0 Å². The molecule has 1 aliphatic heterocycles. The Morgan fingerprint density at radius 3 is 1.54 bits per heavy atom. The fourth-order valence-corrected chi connectivity index (χ4v) is 8.77. The summed E-state index contributed by atoms with van der Waals surface area (Å²) in [7, 11) is 0. The number of benzene rings is 9. The maximum atomic E-state index is 6.69. The minimum Gasteiger partial charge on any atom is -0.456 e. The van der Waals surface area contributed by atoms with Crippen molar-refractivity contribution in [3.63, 3.8) is 0 Å². The van der Waals surface area contributed by atoms with E-state index in [2.05, 4.69) is 210 Å². The summed E-state index contributed by atoms with van der Waals surface area (Å²) in [6, 6.07) is 71.7. The highest BCUT2D eigenvalue weighted by Gasteiger charge is 2.32. The predicted molar refractivity (Wildman–Crippen MR) is 236 cm³/mol. The molecule has 1 aromatic heterocycles. The minimum absolute atomic E-state index is 0.119. The molecule has 0 aliphatic carbocycles. The van der Waals surface area contributed by atoms with Crippen molar-refractivity contribution < 1.29 is 4.42 Å². The minimum atomic E-state index is -0.221. The van der Waals surface area contributed by atoms with Crippen molar-refractivity contribution >= 4 is 43.5 Å². The quantitative estimate of drug-likeness (QED) is 0.149. The van der Waals surface area contributed by atoms with Gasteiger partial charge in [-0.1, -0.05) is 176 Å². The number of para-hydroxylation sites is 1. The van der Waals surface area contributed by atoms with Gasteiger partial charge >= 0.3 is 0 Å². The molecule has 57 heavy (non-hydrogen) atoms. The standard InChI is InChI=1S/C53H39N3O/c1-3-13-34(14-4-1)35-23-25-36(26-24-35)37-27-29-39(30-28-37)52-54-51(38-15-5-2-6-16-38)55-53(56-52)47-32-41(33-49-50(47)45-21-11-12-22-48(45)57-49)46-31-40-17-7-8-18-42(40)43-19-9-10-20-44(43)46/h1-33,51-56H. The summed E-state index contributed by atoms with van der Waals surface area (Å²) in [5.41, 5.74) is 12.4. The third-order valence-electron chi connectivity index (χ3n) is 11.6. The average Bonchev–Trinajstić information content (AvgIpc) is 3.68. The molecule has 3 atom stereocenters. The molecule has 1 saturated heterocycles. The number of hydrogen-bond acceptors (Lipinski definition) is 4. The van der Waals surface area contributed by atoms with Gasteiger partial charge in [-0.05, 0) is 95.9 Å². The molecule has 1 fully saturated rings. The molecule has 0 spiro atoms. The summed E-state index contributed by atoms with van der Waals surface area (Å²) < 4.78 is 6.69. The lowest BCUT2D eigenvalue weighted by atomic mass is 9.90. The second-order valence-electron chi connectivity index (χ2n) is 15.0. The molecule has 1 aliphatic rings. The van der Waals surface area contributed by atoms with Crippen LogP contribution in [0.15, 0.2) is 205 Å². The Bertz CT molecular complexity index is 3050. The van der Waals surface area contributed by atoms with Gasteiger partial charge in [0.25, 0.3) is 0 Å². The lowest BCUT2D eigenvalue weighted by Crippen LogP contribution is -2.54. The van der Waals surface area contributed by atoms with Gasteiger partial charge in [0.15, 0.2) is 0 Å². The fraction of sp³-hybridized carbons (Fsp3) is 0.0566. The first-order valence-electron chi connectivity index (χ1n) is 19.7. The van der Waals surface area contributed by atoms with Crippen molar-refractivity contribution in [3.05, 3.63) is 217 Å². The summed E-state index contributed by atoms with van der Waals surface area (Å²) in [5, 5.41) is 19.0. The molecule has 0 amide bonds. The molecule has 4 nitrogen and oxygen atoms in total. The molecule has 0 radical (unpaired) electrons. The second-order valence-corrected chi connectivity index (χ2v) is 15.0. The number of hydrogen-bond donors (Lipinski definition) is 3. The van der Waals surface area contributed by atoms with Gasteiger partial charge in [0.05, 0.1) is 18.5 Å². The zero-order valence-electron chi connectivity index (χ0n) is 31.2. The summed E-state index contributed by atoms with van der Waals surface area (Å²) in [6.45, 7) is 0. The van der Waals surface area contributed by atoms with E-state index in [1.165, 1.54) is 54.9 Å². The van der Waals surface area contributed by atoms with E-state index in [1.54, 1.807) is 0 Å². The highest BCUT2D eigenvalue weighted by molar-refractivity contribution is 6.15. The van der Waals surface area contributed by atoms with E-state index in [4.69, 9.17) is 4.42 Å². The van der Waals surface area contributed by atoms with Crippen molar-refractivity contribution in [1.29, 1.82) is 0 Å². The summed E-state index contributed by atoms with van der Waals surface area (Å²) in [5.74, 6) is 0. The van der Waals surface area contributed by atoms with Crippen LogP contribution in [0.1, 0.15) is 35.2 Å². The van der Waals surface area contributed by atoms with Crippen LogP contribution in [0.25, 0.3) is 76.9 Å². The first kappa shape index (κ1) is 33.5. The molecule has 272 valence electrons. The van der Waals surface area contributed by atoms with Gasteiger partial charge in [-0.25, -0.2) is 0 Å². The van der Waals surface area contributed by atoms with Crippen molar-refractivity contribution in [2.24, 2.45) is 0 Å². The van der Waals surface area contributed by atoms with E-state index < -0.39 is 0 Å². The molecule has 3 N–H and O–H groups in total. The normalized spacial score (nSPS) is 17.1. The highest BCUT2D eigenvalue weighted by Crippen LogP contribution is 2.42. The van der Waals surface area contributed by atoms with Gasteiger partial charge in [0.2, 0.25) is 0 Å². The SMILES string of the molecule is c1ccc(-c2ccc(-c3ccc(C4NC(c5ccccc5)NC(c5cc(-c6cc7ccccc7c7ccccc67)cc6oc7ccccc7c56)N4)cc3)cc2)cc1. The average molecular weight is 734 g/mol. The molecular formula is C53H39N3O. The molecule has 9 aromatic carbocycles. The van der Waals surface area contributed by atoms with E-state index in [9.17, 15) is 0 Å². The number of furan rings is 1. The molecule has 0 saturated carbocycles. The van der Waals surface area contributed by atoms with Crippen LogP contribution in [0.4, 0.5) is 0 Å². The third-order valence-corrected chi connectivity index (χ3v) is 11.6. The van der Waals surface area contributed by atoms with Crippen molar-refractivity contribution in [2.45, 2.75) is 18.5 Å². The van der Waals surface area contributed by atoms with Crippen molar-refractivity contribution in [2.75, 3.05) is 0 Å². The van der Waals surface area contributed by atoms with E-state index in [-0.39, 0.29) is 18.5 Å². The Hall–Kier alpha value is -6.82. The molecule has 3 unspecified atom stereocenters. The maximum Gasteiger partial charge on any atom is 0.136 e. The second kappa shape index (κ2) is 14.0. The van der Waals surface area contributed by atoms with Crippen LogP contribution < -0.4 is 16.0 Å². The van der Waals surface area contributed by atoms with Crippen LogP contribution in [0.3, 0.4) is 0 Å². The van der Waals surface area contributed by atoms with Crippen LogP contribution in [-0.2, 0) is 0 Å². The fourth-order valence-electron chi connectivity index (χ4n) is 8.77. The highest BCUT2D eigenvalue weighted by atomic mass is 16.3. The van der Waals surface area contributed by atoms with Gasteiger partial charge in [0, 0.05) is 10.8 Å². The molecule has 11 rings (SSSR count). The Labute approximate surface area is 331 Å². The Balaban J connectivity index is 1.02. The monoisotopic (exact) mass is 733 g/mol. The summed E-state index contributed by atoms with van der Waals surface area (Å²) in [4.78, 5) is 0. The summed E-state index contributed by atoms with van der Waals surface area (Å²) >= 11 is 0. The Morgan fingerprint density at radius 2 is 0.842 bits per heavy atom. The van der Waals surface area contributed by atoms with Crippen molar-refractivity contribution in [3.8, 4) is 33.4 Å². The van der Waals surface area contributed by atoms with Crippen LogP contribution >= 0.6 is 0 Å². The molecule has 4 heteroatoms. The van der Waals surface area contributed by atoms with Gasteiger partial charge in [-0.2, -0.15) is 0 Å². The van der Waals surface area contributed by atoms with E-state index in [0.29, 0.717) is 0 Å². The number of rotatable bonds is 6. The largest absolute Gasteiger partial charge is 0.456 e. The maximum absolute atomic E-state index is 6.69. The first-order chi connectivity index (χ1) is 28.2. The molecule has 0 bridgehead atoms. The van der Waals surface area contributed by atoms with E-state index >= 15 is 0 Å². The smallest absolute Gasteiger partial charge is 0.136 e. The third kappa shape index (κ3) is 6.08. The van der Waals surface area contributed by atoms with Gasteiger partial charge in [-0.15, -0.1) is 0 Å². The Kier molecular flexibility index (Phi) is 8.25.